The predicted octanol–water partition coefficient (Wildman–Crippen LogP) is 2.77. The van der Waals surface area contributed by atoms with Gasteiger partial charge in [0.1, 0.15) is 5.75 Å². The van der Waals surface area contributed by atoms with Gasteiger partial charge in [-0.3, -0.25) is 4.79 Å². The first-order chi connectivity index (χ1) is 11.7. The number of aromatic nitrogens is 3. The van der Waals surface area contributed by atoms with Gasteiger partial charge >= 0.3 is 0 Å². The molecule has 2 aromatic carbocycles. The number of carbonyl (C=O) groups is 1. The molecular formula is C18H18N4O2. The Balaban J connectivity index is 1.75. The average molecular weight is 322 g/mol. The van der Waals surface area contributed by atoms with Crippen molar-refractivity contribution in [2.45, 2.75) is 13.0 Å². The van der Waals surface area contributed by atoms with Crippen molar-refractivity contribution in [3.8, 4) is 11.4 Å². The van der Waals surface area contributed by atoms with E-state index in [1.165, 1.54) is 11.0 Å². The summed E-state index contributed by atoms with van der Waals surface area (Å²) in [5.74, 6) is 0.453. The number of ether oxygens (including phenoxy) is 1. The van der Waals surface area contributed by atoms with E-state index in [0.717, 1.165) is 17.0 Å². The van der Waals surface area contributed by atoms with E-state index in [-0.39, 0.29) is 17.6 Å². The largest absolute Gasteiger partial charge is 0.496 e. The lowest BCUT2D eigenvalue weighted by Gasteiger charge is -2.16. The molecule has 3 rings (SSSR count). The Morgan fingerprint density at radius 1 is 1.12 bits per heavy atom. The third-order valence-corrected chi connectivity index (χ3v) is 3.66. The van der Waals surface area contributed by atoms with Crippen molar-refractivity contribution in [1.82, 2.24) is 20.3 Å². The average Bonchev–Trinajstić information content (AvgIpc) is 3.12. The van der Waals surface area contributed by atoms with Gasteiger partial charge in [-0.1, -0.05) is 36.4 Å². The Bertz CT molecular complexity index is 830. The van der Waals surface area contributed by atoms with Crippen LogP contribution in [0.5, 0.6) is 5.75 Å². The van der Waals surface area contributed by atoms with E-state index in [1.807, 2.05) is 61.5 Å². The van der Waals surface area contributed by atoms with Crippen molar-refractivity contribution >= 4 is 5.91 Å². The van der Waals surface area contributed by atoms with E-state index < -0.39 is 0 Å². The molecule has 0 fully saturated rings. The molecule has 1 amide bonds. The first-order valence-corrected chi connectivity index (χ1v) is 7.60. The molecule has 0 bridgehead atoms. The molecule has 24 heavy (non-hydrogen) atoms. The van der Waals surface area contributed by atoms with Gasteiger partial charge in [0.2, 0.25) is 0 Å². The zero-order chi connectivity index (χ0) is 16.9. The molecule has 1 aromatic heterocycles. The topological polar surface area (TPSA) is 69.0 Å². The van der Waals surface area contributed by atoms with Crippen molar-refractivity contribution < 1.29 is 9.53 Å². The smallest absolute Gasteiger partial charge is 0.273 e. The number of hydrogen-bond acceptors (Lipinski definition) is 4. The molecule has 1 N–H and O–H groups in total. The Labute approximate surface area is 140 Å². The van der Waals surface area contributed by atoms with E-state index in [4.69, 9.17) is 4.74 Å². The van der Waals surface area contributed by atoms with E-state index in [2.05, 4.69) is 15.5 Å². The molecule has 0 spiro atoms. The first-order valence-electron chi connectivity index (χ1n) is 7.60. The van der Waals surface area contributed by atoms with Crippen LogP contribution < -0.4 is 10.1 Å². The van der Waals surface area contributed by atoms with Crippen LogP contribution in [0.4, 0.5) is 0 Å². The summed E-state index contributed by atoms with van der Waals surface area (Å²) in [4.78, 5) is 13.8. The van der Waals surface area contributed by atoms with Crippen LogP contribution in [0.15, 0.2) is 60.8 Å². The number of amides is 1. The molecule has 6 heteroatoms. The van der Waals surface area contributed by atoms with Crippen LogP contribution in [-0.2, 0) is 0 Å². The highest BCUT2D eigenvalue weighted by Gasteiger charge is 2.17. The molecule has 0 saturated heterocycles. The van der Waals surface area contributed by atoms with Crippen molar-refractivity contribution in [2.75, 3.05) is 7.11 Å². The monoisotopic (exact) mass is 322 g/mol. The molecule has 0 aliphatic heterocycles. The maximum Gasteiger partial charge on any atom is 0.273 e. The third kappa shape index (κ3) is 3.27. The maximum absolute atomic E-state index is 12.4. The number of rotatable bonds is 5. The normalized spacial score (nSPS) is 11.8. The minimum Gasteiger partial charge on any atom is -0.496 e. The highest BCUT2D eigenvalue weighted by molar-refractivity contribution is 5.92. The van der Waals surface area contributed by atoms with E-state index in [0.29, 0.717) is 0 Å². The number of carbonyl (C=O) groups excluding carboxylic acids is 1. The number of para-hydroxylation sites is 2. The van der Waals surface area contributed by atoms with Crippen molar-refractivity contribution in [3.05, 3.63) is 72.1 Å². The number of nitrogens with zero attached hydrogens (tertiary/aromatic N) is 3. The number of hydrogen-bond donors (Lipinski definition) is 1. The zero-order valence-electron chi connectivity index (χ0n) is 13.5. The Morgan fingerprint density at radius 2 is 1.83 bits per heavy atom. The van der Waals surface area contributed by atoms with Gasteiger partial charge in [-0.25, -0.2) is 0 Å². The third-order valence-electron chi connectivity index (χ3n) is 3.66. The van der Waals surface area contributed by atoms with Gasteiger partial charge in [0.15, 0.2) is 5.69 Å². The van der Waals surface area contributed by atoms with Crippen LogP contribution in [0.3, 0.4) is 0 Å². The quantitative estimate of drug-likeness (QED) is 0.784. The second-order valence-corrected chi connectivity index (χ2v) is 5.29. The standard InChI is InChI=1S/C18H18N4O2/c1-13(15-10-6-7-11-17(15)24-2)20-18(23)16-12-19-22(21-16)14-8-4-3-5-9-14/h3-13H,1-2H3,(H,20,23). The Hall–Kier alpha value is -3.15. The van der Waals surface area contributed by atoms with Gasteiger partial charge in [-0.2, -0.15) is 9.90 Å². The molecule has 122 valence electrons. The summed E-state index contributed by atoms with van der Waals surface area (Å²) in [6, 6.07) is 16.8. The van der Waals surface area contributed by atoms with Gasteiger partial charge in [0.25, 0.3) is 5.91 Å². The van der Waals surface area contributed by atoms with Crippen molar-refractivity contribution in [1.29, 1.82) is 0 Å². The predicted molar refractivity (Wildman–Crippen MR) is 90.2 cm³/mol. The molecule has 6 nitrogen and oxygen atoms in total. The Morgan fingerprint density at radius 3 is 2.58 bits per heavy atom. The summed E-state index contributed by atoms with van der Waals surface area (Å²) in [5.41, 5.74) is 1.97. The molecule has 0 saturated carbocycles. The highest BCUT2D eigenvalue weighted by atomic mass is 16.5. The second-order valence-electron chi connectivity index (χ2n) is 5.29. The molecule has 0 aliphatic carbocycles. The van der Waals surface area contributed by atoms with Gasteiger partial charge in [-0.15, -0.1) is 5.10 Å². The molecule has 3 aromatic rings. The highest BCUT2D eigenvalue weighted by Crippen LogP contribution is 2.24. The van der Waals surface area contributed by atoms with E-state index in [9.17, 15) is 4.79 Å². The number of benzene rings is 2. The van der Waals surface area contributed by atoms with Crippen LogP contribution in [0.2, 0.25) is 0 Å². The molecule has 1 heterocycles. The summed E-state index contributed by atoms with van der Waals surface area (Å²) in [5, 5.41) is 11.3. The van der Waals surface area contributed by atoms with Crippen LogP contribution in [0.25, 0.3) is 5.69 Å². The lowest BCUT2D eigenvalue weighted by atomic mass is 10.1. The van der Waals surface area contributed by atoms with E-state index >= 15 is 0 Å². The van der Waals surface area contributed by atoms with E-state index in [1.54, 1.807) is 7.11 Å². The zero-order valence-corrected chi connectivity index (χ0v) is 13.5. The number of methoxy groups -OCH3 is 1. The van der Waals surface area contributed by atoms with Gasteiger partial charge in [0, 0.05) is 5.56 Å². The molecule has 0 radical (unpaired) electrons. The van der Waals surface area contributed by atoms with Crippen LogP contribution in [-0.4, -0.2) is 28.0 Å². The fourth-order valence-electron chi connectivity index (χ4n) is 2.43. The Kier molecular flexibility index (Phi) is 4.56. The van der Waals surface area contributed by atoms with Crippen LogP contribution in [0, 0.1) is 0 Å². The molecule has 1 atom stereocenters. The summed E-state index contributed by atoms with van der Waals surface area (Å²) < 4.78 is 5.33. The lowest BCUT2D eigenvalue weighted by Crippen LogP contribution is -2.27. The van der Waals surface area contributed by atoms with Gasteiger partial charge in [-0.05, 0) is 25.1 Å². The first kappa shape index (κ1) is 15.7. The summed E-state index contributed by atoms with van der Waals surface area (Å²) in [6.45, 7) is 1.90. The fourth-order valence-corrected chi connectivity index (χ4v) is 2.43. The fraction of sp³-hybridized carbons (Fsp3) is 0.167. The lowest BCUT2D eigenvalue weighted by molar-refractivity contribution is 0.0934. The van der Waals surface area contributed by atoms with Gasteiger partial charge in [0.05, 0.1) is 25.0 Å². The summed E-state index contributed by atoms with van der Waals surface area (Å²) in [7, 11) is 1.61. The van der Waals surface area contributed by atoms with Gasteiger partial charge < -0.3 is 10.1 Å². The number of nitrogens with one attached hydrogen (secondary N) is 1. The maximum atomic E-state index is 12.4. The van der Waals surface area contributed by atoms with Crippen LogP contribution in [0.1, 0.15) is 29.0 Å². The van der Waals surface area contributed by atoms with Crippen LogP contribution >= 0.6 is 0 Å². The van der Waals surface area contributed by atoms with Crippen molar-refractivity contribution in [2.24, 2.45) is 0 Å². The molecule has 1 unspecified atom stereocenters. The summed E-state index contributed by atoms with van der Waals surface area (Å²) >= 11 is 0. The SMILES string of the molecule is COc1ccccc1C(C)NC(=O)c1cnn(-c2ccccc2)n1. The van der Waals surface area contributed by atoms with Crippen molar-refractivity contribution in [3.63, 3.8) is 0 Å². The minimum atomic E-state index is -0.282. The minimum absolute atomic E-state index is 0.212. The second kappa shape index (κ2) is 6.95. The molecule has 0 aliphatic rings. The summed E-state index contributed by atoms with van der Waals surface area (Å²) in [6.07, 6.45) is 1.46. The molecular weight excluding hydrogens is 304 g/mol.